The maximum Gasteiger partial charge on any atom is 0.292 e. The maximum atomic E-state index is 12.7. The SMILES string of the molecule is COc1cc(C(=O)N2C[C@H]3CN(Cc4csc(C)n4)C(=O)[C@H]3C2)on1. The Labute approximate surface area is 148 Å². The molecule has 9 heteroatoms. The van der Waals surface area contributed by atoms with E-state index in [1.165, 1.54) is 13.2 Å². The van der Waals surface area contributed by atoms with Crippen molar-refractivity contribution in [2.24, 2.45) is 11.8 Å². The van der Waals surface area contributed by atoms with E-state index in [-0.39, 0.29) is 35.3 Å². The highest BCUT2D eigenvalue weighted by atomic mass is 32.1. The van der Waals surface area contributed by atoms with Crippen molar-refractivity contribution >= 4 is 23.2 Å². The quantitative estimate of drug-likeness (QED) is 0.811. The molecule has 2 amide bonds. The van der Waals surface area contributed by atoms with Crippen LogP contribution < -0.4 is 4.74 Å². The number of ether oxygens (including phenoxy) is 1. The summed E-state index contributed by atoms with van der Waals surface area (Å²) in [6, 6.07) is 1.47. The Morgan fingerprint density at radius 1 is 1.44 bits per heavy atom. The molecular weight excluding hydrogens is 344 g/mol. The van der Waals surface area contributed by atoms with Crippen LogP contribution in [0.15, 0.2) is 16.0 Å². The highest BCUT2D eigenvalue weighted by molar-refractivity contribution is 7.09. The van der Waals surface area contributed by atoms with Crippen LogP contribution in [0, 0.1) is 18.8 Å². The zero-order valence-corrected chi connectivity index (χ0v) is 14.8. The number of methoxy groups -OCH3 is 1. The molecule has 2 aromatic rings. The molecule has 0 bridgehead atoms. The Kier molecular flexibility index (Phi) is 3.95. The fourth-order valence-corrected chi connectivity index (χ4v) is 4.14. The number of thiazole rings is 1. The molecular formula is C16H18N4O4S. The number of carbonyl (C=O) groups excluding carboxylic acids is 2. The number of hydrogen-bond donors (Lipinski definition) is 0. The Balaban J connectivity index is 1.40. The van der Waals surface area contributed by atoms with Gasteiger partial charge in [0.05, 0.1) is 36.3 Å². The van der Waals surface area contributed by atoms with E-state index in [1.807, 2.05) is 17.2 Å². The molecule has 2 saturated heterocycles. The van der Waals surface area contributed by atoms with Crippen LogP contribution in [0.25, 0.3) is 0 Å². The van der Waals surface area contributed by atoms with Gasteiger partial charge in [0.1, 0.15) is 0 Å². The summed E-state index contributed by atoms with van der Waals surface area (Å²) in [7, 11) is 1.46. The number of likely N-dealkylation sites (tertiary alicyclic amines) is 2. The van der Waals surface area contributed by atoms with E-state index in [1.54, 1.807) is 16.2 Å². The van der Waals surface area contributed by atoms with E-state index in [2.05, 4.69) is 10.1 Å². The number of fused-ring (bicyclic) bond motifs is 1. The van der Waals surface area contributed by atoms with Gasteiger partial charge < -0.3 is 19.1 Å². The van der Waals surface area contributed by atoms with Crippen LogP contribution in [0.2, 0.25) is 0 Å². The predicted octanol–water partition coefficient (Wildman–Crippen LogP) is 1.18. The maximum absolute atomic E-state index is 12.7. The van der Waals surface area contributed by atoms with Crippen LogP contribution in [0.5, 0.6) is 5.88 Å². The summed E-state index contributed by atoms with van der Waals surface area (Å²) in [6.07, 6.45) is 0. The van der Waals surface area contributed by atoms with Gasteiger partial charge in [0.15, 0.2) is 0 Å². The summed E-state index contributed by atoms with van der Waals surface area (Å²) in [5, 5.41) is 6.64. The Bertz CT molecular complexity index is 817. The average Bonchev–Trinajstić information content (AvgIpc) is 3.35. The third-order valence-electron chi connectivity index (χ3n) is 4.74. The first-order valence-electron chi connectivity index (χ1n) is 8.05. The molecule has 0 N–H and O–H groups in total. The first-order chi connectivity index (χ1) is 12.0. The van der Waals surface area contributed by atoms with Gasteiger partial charge in [0.25, 0.3) is 11.8 Å². The van der Waals surface area contributed by atoms with Crippen molar-refractivity contribution in [2.45, 2.75) is 13.5 Å². The van der Waals surface area contributed by atoms with Gasteiger partial charge in [0, 0.05) is 30.9 Å². The molecule has 2 aliphatic heterocycles. The van der Waals surface area contributed by atoms with Crippen molar-refractivity contribution in [1.29, 1.82) is 0 Å². The van der Waals surface area contributed by atoms with Crippen LogP contribution in [0.3, 0.4) is 0 Å². The van der Waals surface area contributed by atoms with E-state index in [9.17, 15) is 9.59 Å². The zero-order chi connectivity index (χ0) is 17.6. The van der Waals surface area contributed by atoms with E-state index in [0.29, 0.717) is 26.2 Å². The number of nitrogens with zero attached hydrogens (tertiary/aromatic N) is 4. The highest BCUT2D eigenvalue weighted by Gasteiger charge is 2.47. The molecule has 0 saturated carbocycles. The van der Waals surface area contributed by atoms with Crippen molar-refractivity contribution in [1.82, 2.24) is 19.9 Å². The fraction of sp³-hybridized carbons (Fsp3) is 0.500. The lowest BCUT2D eigenvalue weighted by Gasteiger charge is -2.20. The van der Waals surface area contributed by atoms with Crippen LogP contribution in [-0.4, -0.2) is 58.5 Å². The zero-order valence-electron chi connectivity index (χ0n) is 14.0. The number of aryl methyl sites for hydroxylation is 1. The third-order valence-corrected chi connectivity index (χ3v) is 5.56. The molecule has 132 valence electrons. The summed E-state index contributed by atoms with van der Waals surface area (Å²) in [5.41, 5.74) is 0.928. The number of amides is 2. The number of rotatable bonds is 4. The molecule has 4 rings (SSSR count). The Morgan fingerprint density at radius 3 is 2.92 bits per heavy atom. The van der Waals surface area contributed by atoms with Crippen molar-refractivity contribution in [3.8, 4) is 5.88 Å². The summed E-state index contributed by atoms with van der Waals surface area (Å²) in [4.78, 5) is 33.1. The van der Waals surface area contributed by atoms with Gasteiger partial charge in [0.2, 0.25) is 11.7 Å². The second-order valence-corrected chi connectivity index (χ2v) is 7.45. The standard InChI is InChI=1S/C16H18N4O4S/c1-9-17-11(8-25-9)6-19-4-10-5-20(7-12(10)15(19)21)16(22)13-3-14(23-2)18-24-13/h3,8,10,12H,4-7H2,1-2H3/t10-,12+/m1/s1. The van der Waals surface area contributed by atoms with E-state index >= 15 is 0 Å². The molecule has 0 unspecified atom stereocenters. The summed E-state index contributed by atoms with van der Waals surface area (Å²) >= 11 is 1.59. The molecule has 25 heavy (non-hydrogen) atoms. The fourth-order valence-electron chi connectivity index (χ4n) is 3.54. The summed E-state index contributed by atoms with van der Waals surface area (Å²) in [6.45, 7) is 4.12. The van der Waals surface area contributed by atoms with Gasteiger partial charge in [-0.2, -0.15) is 0 Å². The largest absolute Gasteiger partial charge is 0.479 e. The average molecular weight is 362 g/mol. The van der Waals surface area contributed by atoms with Crippen LogP contribution in [0.1, 0.15) is 21.3 Å². The smallest absolute Gasteiger partial charge is 0.292 e. The first-order valence-corrected chi connectivity index (χ1v) is 8.93. The van der Waals surface area contributed by atoms with Gasteiger partial charge in [-0.15, -0.1) is 11.3 Å². The van der Waals surface area contributed by atoms with Crippen molar-refractivity contribution in [3.63, 3.8) is 0 Å². The second kappa shape index (κ2) is 6.14. The molecule has 0 aromatic carbocycles. The predicted molar refractivity (Wildman–Crippen MR) is 88.2 cm³/mol. The molecule has 4 heterocycles. The topological polar surface area (TPSA) is 88.8 Å². The van der Waals surface area contributed by atoms with E-state index in [0.717, 1.165) is 10.7 Å². The lowest BCUT2D eigenvalue weighted by atomic mass is 10.0. The Morgan fingerprint density at radius 2 is 2.28 bits per heavy atom. The molecule has 0 radical (unpaired) electrons. The monoisotopic (exact) mass is 362 g/mol. The number of carbonyl (C=O) groups is 2. The van der Waals surface area contributed by atoms with Crippen LogP contribution in [0.4, 0.5) is 0 Å². The van der Waals surface area contributed by atoms with Crippen LogP contribution in [-0.2, 0) is 11.3 Å². The summed E-state index contributed by atoms with van der Waals surface area (Å²) < 4.78 is 9.94. The van der Waals surface area contributed by atoms with Gasteiger partial charge in [-0.25, -0.2) is 4.98 Å². The van der Waals surface area contributed by atoms with Crippen molar-refractivity contribution in [2.75, 3.05) is 26.7 Å². The Hall–Kier alpha value is -2.42. The number of hydrogen-bond acceptors (Lipinski definition) is 7. The van der Waals surface area contributed by atoms with Gasteiger partial charge >= 0.3 is 0 Å². The lowest BCUT2D eigenvalue weighted by molar-refractivity contribution is -0.131. The minimum absolute atomic E-state index is 0.0982. The molecule has 0 spiro atoms. The van der Waals surface area contributed by atoms with Crippen LogP contribution >= 0.6 is 11.3 Å². The number of aromatic nitrogens is 2. The van der Waals surface area contributed by atoms with Gasteiger partial charge in [-0.3, -0.25) is 9.59 Å². The minimum Gasteiger partial charge on any atom is -0.479 e. The molecule has 2 atom stereocenters. The van der Waals surface area contributed by atoms with E-state index in [4.69, 9.17) is 9.26 Å². The lowest BCUT2D eigenvalue weighted by Crippen LogP contribution is -2.35. The summed E-state index contributed by atoms with van der Waals surface area (Å²) in [5.74, 6) is 0.262. The molecule has 2 aliphatic rings. The molecule has 2 fully saturated rings. The second-order valence-electron chi connectivity index (χ2n) is 6.39. The molecule has 2 aromatic heterocycles. The van der Waals surface area contributed by atoms with Crippen molar-refractivity contribution < 1.29 is 18.8 Å². The van der Waals surface area contributed by atoms with E-state index < -0.39 is 0 Å². The van der Waals surface area contributed by atoms with Gasteiger partial charge in [-0.05, 0) is 12.1 Å². The molecule has 8 nitrogen and oxygen atoms in total. The normalized spacial score (nSPS) is 22.6. The minimum atomic E-state index is -0.250. The third kappa shape index (κ3) is 2.88. The van der Waals surface area contributed by atoms with Gasteiger partial charge in [-0.1, -0.05) is 0 Å². The van der Waals surface area contributed by atoms with Crippen molar-refractivity contribution in [3.05, 3.63) is 27.9 Å². The highest BCUT2D eigenvalue weighted by Crippen LogP contribution is 2.34. The molecule has 0 aliphatic carbocycles. The first kappa shape index (κ1) is 16.1.